The second kappa shape index (κ2) is 11.5. The Bertz CT molecular complexity index is 3300. The molecule has 55 heavy (non-hydrogen) atoms. The largest absolute Gasteiger partial charge is 0.309 e. The Labute approximate surface area is 328 Å². The number of nitrogens with zero attached hydrogens (tertiary/aromatic N) is 3. The third-order valence-electron chi connectivity index (χ3n) is 12.0. The number of aliphatic imine (C=N–C) groups is 1. The van der Waals surface area contributed by atoms with E-state index in [2.05, 4.69) is 193 Å². The van der Waals surface area contributed by atoms with Crippen LogP contribution < -0.4 is 0 Å². The van der Waals surface area contributed by atoms with Gasteiger partial charge in [-0.15, -0.1) is 0 Å². The van der Waals surface area contributed by atoms with Crippen LogP contribution in [0.3, 0.4) is 0 Å². The van der Waals surface area contributed by atoms with E-state index in [-0.39, 0.29) is 5.41 Å². The average Bonchev–Trinajstić information content (AvgIpc) is 3.83. The van der Waals surface area contributed by atoms with Crippen molar-refractivity contribution >= 4 is 88.2 Å². The summed E-state index contributed by atoms with van der Waals surface area (Å²) < 4.78 is 7.48. The van der Waals surface area contributed by atoms with Crippen LogP contribution in [0.4, 0.5) is 5.69 Å². The molecule has 0 radical (unpaired) electrons. The van der Waals surface area contributed by atoms with Gasteiger partial charge in [-0.25, -0.2) is 4.99 Å². The number of aromatic nitrogens is 2. The summed E-state index contributed by atoms with van der Waals surface area (Å²) in [4.78, 5) is 5.53. The van der Waals surface area contributed by atoms with E-state index >= 15 is 0 Å². The first kappa shape index (κ1) is 31.3. The summed E-state index contributed by atoms with van der Waals surface area (Å²) in [7, 11) is 0. The van der Waals surface area contributed by atoms with Gasteiger partial charge in [0.1, 0.15) is 0 Å². The van der Waals surface area contributed by atoms with Gasteiger partial charge in [0.05, 0.1) is 27.8 Å². The van der Waals surface area contributed by atoms with Crippen molar-refractivity contribution < 1.29 is 0 Å². The zero-order valence-corrected chi connectivity index (χ0v) is 32.5. The maximum Gasteiger partial charge on any atom is 0.171 e. The molecule has 0 fully saturated rings. The summed E-state index contributed by atoms with van der Waals surface area (Å²) in [6, 6.07) is 62.9. The molecule has 10 aromatic rings. The van der Waals surface area contributed by atoms with Crippen LogP contribution in [0.15, 0.2) is 175 Å². The van der Waals surface area contributed by atoms with E-state index in [4.69, 9.17) is 4.99 Å². The SMILES string of the molecule is CC1(C)c2ccccc2-c2cc(C3=IC(n4c5ccc(-n6c7ccccc7c7ccccc76)cc5c5c6ccccc6ccc54)=Nc4ccccc43)ccc21. The molecule has 0 atom stereocenters. The van der Waals surface area contributed by atoms with Gasteiger partial charge < -0.3 is 4.57 Å². The second-order valence-corrected chi connectivity index (χ2v) is 17.9. The molecule has 3 heterocycles. The molecule has 3 nitrogen and oxygen atoms in total. The zero-order valence-electron chi connectivity index (χ0n) is 30.4. The van der Waals surface area contributed by atoms with Crippen molar-refractivity contribution in [3.8, 4) is 16.8 Å². The van der Waals surface area contributed by atoms with Crippen molar-refractivity contribution in [1.82, 2.24) is 9.13 Å². The van der Waals surface area contributed by atoms with Crippen LogP contribution in [0.25, 0.3) is 71.2 Å². The smallest absolute Gasteiger partial charge is 0.171 e. The van der Waals surface area contributed by atoms with Gasteiger partial charge in [0.15, 0.2) is 3.84 Å². The fraction of sp³-hybridized carbons (Fsp3) is 0.0588. The molecule has 12 rings (SSSR count). The Morgan fingerprint density at radius 2 is 1.11 bits per heavy atom. The molecular formula is C51H34IN3. The van der Waals surface area contributed by atoms with Crippen LogP contribution in [0.2, 0.25) is 0 Å². The molecule has 2 aromatic heterocycles. The molecule has 0 bridgehead atoms. The Kier molecular flexibility index (Phi) is 6.51. The number of fused-ring (bicyclic) bond motifs is 12. The standard InChI is InChI=1S/C51H34IN3/c1-51(2)41-19-9-5-15-35(41)39-29-32(23-26-42(39)51)49-38-18-6-10-20-43(38)53-50(52-49)55-46-28-25-33(30-40(46)48-34-14-4-3-13-31(34)24-27-47(48)55)54-44-21-11-7-16-36(44)37-17-8-12-22-45(37)54/h3-30H,1-2H3. The van der Waals surface area contributed by atoms with Gasteiger partial charge in [-0.2, -0.15) is 0 Å². The van der Waals surface area contributed by atoms with Gasteiger partial charge in [0.2, 0.25) is 0 Å². The predicted octanol–water partition coefficient (Wildman–Crippen LogP) is 13.4. The number of hydrogen-bond donors (Lipinski definition) is 0. The Morgan fingerprint density at radius 1 is 0.473 bits per heavy atom. The lowest BCUT2D eigenvalue weighted by molar-refractivity contribution is 0.660. The van der Waals surface area contributed by atoms with Gasteiger partial charge >= 0.3 is 0 Å². The lowest BCUT2D eigenvalue weighted by Crippen LogP contribution is -2.15. The molecule has 0 saturated heterocycles. The lowest BCUT2D eigenvalue weighted by Gasteiger charge is -2.22. The highest BCUT2D eigenvalue weighted by Crippen LogP contribution is 2.49. The highest BCUT2D eigenvalue weighted by atomic mass is 127. The topological polar surface area (TPSA) is 22.2 Å². The van der Waals surface area contributed by atoms with E-state index < -0.39 is 20.7 Å². The van der Waals surface area contributed by atoms with Gasteiger partial charge in [-0.1, -0.05) is 135 Å². The minimum atomic E-state index is -0.699. The van der Waals surface area contributed by atoms with Crippen LogP contribution >= 0.6 is 20.7 Å². The zero-order chi connectivity index (χ0) is 36.4. The third-order valence-corrected chi connectivity index (χ3v) is 15.0. The molecule has 0 saturated carbocycles. The summed E-state index contributed by atoms with van der Waals surface area (Å²) in [5.41, 5.74) is 15.1. The highest BCUT2D eigenvalue weighted by molar-refractivity contribution is 14.2. The van der Waals surface area contributed by atoms with Crippen molar-refractivity contribution in [1.29, 1.82) is 0 Å². The van der Waals surface area contributed by atoms with Crippen molar-refractivity contribution in [2.24, 2.45) is 4.99 Å². The van der Waals surface area contributed by atoms with Crippen molar-refractivity contribution in [3.63, 3.8) is 0 Å². The fourth-order valence-corrected chi connectivity index (χ4v) is 12.5. The number of hydrogen-bond acceptors (Lipinski definition) is 1. The number of halogens is 1. The molecule has 8 aromatic carbocycles. The van der Waals surface area contributed by atoms with E-state index in [1.54, 1.807) is 0 Å². The quantitative estimate of drug-likeness (QED) is 0.155. The van der Waals surface area contributed by atoms with Crippen molar-refractivity contribution in [3.05, 3.63) is 192 Å². The molecule has 4 heteroatoms. The van der Waals surface area contributed by atoms with E-state index in [1.165, 1.54) is 91.3 Å². The summed E-state index contributed by atoms with van der Waals surface area (Å²) in [6.45, 7) is 4.72. The molecule has 2 aliphatic rings. The highest BCUT2D eigenvalue weighted by Gasteiger charge is 2.35. The molecule has 1 aliphatic carbocycles. The summed E-state index contributed by atoms with van der Waals surface area (Å²) in [5.74, 6) is 0. The maximum atomic E-state index is 5.53. The Morgan fingerprint density at radius 3 is 1.93 bits per heavy atom. The lowest BCUT2D eigenvalue weighted by atomic mass is 9.82. The number of rotatable bonds is 2. The van der Waals surface area contributed by atoms with Gasteiger partial charge in [0, 0.05) is 41.7 Å². The molecule has 260 valence electrons. The summed E-state index contributed by atoms with van der Waals surface area (Å²) in [5, 5.41) is 7.58. The summed E-state index contributed by atoms with van der Waals surface area (Å²) >= 11 is -0.699. The molecule has 1 aliphatic heterocycles. The van der Waals surface area contributed by atoms with Crippen molar-refractivity contribution in [2.75, 3.05) is 0 Å². The van der Waals surface area contributed by atoms with Crippen LogP contribution in [0.1, 0.15) is 36.1 Å². The average molecular weight is 816 g/mol. The minimum absolute atomic E-state index is 0.0227. The first-order chi connectivity index (χ1) is 27.0. The molecule has 0 spiro atoms. The molecule has 0 amide bonds. The molecule has 0 unspecified atom stereocenters. The van der Waals surface area contributed by atoms with E-state index in [0.29, 0.717) is 0 Å². The van der Waals surface area contributed by atoms with Gasteiger partial charge in [0.25, 0.3) is 0 Å². The van der Waals surface area contributed by atoms with Gasteiger partial charge in [-0.3, -0.25) is 4.57 Å². The van der Waals surface area contributed by atoms with E-state index in [0.717, 1.165) is 15.2 Å². The monoisotopic (exact) mass is 815 g/mol. The number of benzene rings is 8. The normalized spacial score (nSPS) is 14.5. The van der Waals surface area contributed by atoms with Crippen LogP contribution in [-0.4, -0.2) is 16.5 Å². The third kappa shape index (κ3) is 4.37. The van der Waals surface area contributed by atoms with Crippen LogP contribution in [-0.2, 0) is 5.41 Å². The molecular weight excluding hydrogens is 781 g/mol. The predicted molar refractivity (Wildman–Crippen MR) is 241 cm³/mol. The second-order valence-electron chi connectivity index (χ2n) is 15.3. The maximum absolute atomic E-state index is 5.53. The minimum Gasteiger partial charge on any atom is -0.309 e. The summed E-state index contributed by atoms with van der Waals surface area (Å²) in [6.07, 6.45) is 0. The van der Waals surface area contributed by atoms with Crippen molar-refractivity contribution in [2.45, 2.75) is 19.3 Å². The van der Waals surface area contributed by atoms with E-state index in [1.807, 2.05) is 0 Å². The van der Waals surface area contributed by atoms with E-state index in [9.17, 15) is 0 Å². The molecule has 0 N–H and O–H groups in total. The first-order valence-corrected chi connectivity index (χ1v) is 21.1. The van der Waals surface area contributed by atoms with Crippen LogP contribution in [0, 0.1) is 0 Å². The Balaban J connectivity index is 1.12. The van der Waals surface area contributed by atoms with Gasteiger partial charge in [-0.05, 0) is 108 Å². The first-order valence-electron chi connectivity index (χ1n) is 18.9. The number of para-hydroxylation sites is 3. The van der Waals surface area contributed by atoms with Crippen LogP contribution in [0.5, 0.6) is 0 Å². The fourth-order valence-electron chi connectivity index (χ4n) is 9.49. The Hall–Kier alpha value is -6.11.